The Bertz CT molecular complexity index is 1660. The third-order valence-electron chi connectivity index (χ3n) is 7.53. The van der Waals surface area contributed by atoms with Gasteiger partial charge >= 0.3 is 0 Å². The van der Waals surface area contributed by atoms with Crippen LogP contribution < -0.4 is 9.21 Å². The number of hydrogen-bond donors (Lipinski definition) is 0. The highest BCUT2D eigenvalue weighted by Gasteiger charge is 2.29. The first-order valence-electron chi connectivity index (χ1n) is 13.8. The van der Waals surface area contributed by atoms with Gasteiger partial charge in [-0.05, 0) is 73.4 Å². The van der Waals surface area contributed by atoms with E-state index in [2.05, 4.69) is 9.88 Å². The molecule has 12 heteroatoms. The van der Waals surface area contributed by atoms with Crippen LogP contribution in [-0.2, 0) is 21.2 Å². The average Bonchev–Trinajstić information content (AvgIpc) is 3.42. The van der Waals surface area contributed by atoms with E-state index in [4.69, 9.17) is 4.74 Å². The lowest BCUT2D eigenvalue weighted by atomic mass is 10.0. The highest BCUT2D eigenvalue weighted by molar-refractivity contribution is 7.92. The quantitative estimate of drug-likeness (QED) is 0.260. The van der Waals surface area contributed by atoms with Gasteiger partial charge in [0.1, 0.15) is 5.82 Å². The Kier molecular flexibility index (Phi) is 9.44. The van der Waals surface area contributed by atoms with Crippen LogP contribution in [0.2, 0.25) is 0 Å². The van der Waals surface area contributed by atoms with Crippen LogP contribution in [-0.4, -0.2) is 70.1 Å². The molecule has 0 spiro atoms. The Balaban J connectivity index is 0.00000353. The van der Waals surface area contributed by atoms with Crippen molar-refractivity contribution < 1.29 is 22.3 Å². The van der Waals surface area contributed by atoms with Gasteiger partial charge < -0.3 is 4.74 Å². The van der Waals surface area contributed by atoms with E-state index in [1.165, 1.54) is 39.9 Å². The summed E-state index contributed by atoms with van der Waals surface area (Å²) >= 11 is 1.27. The predicted octanol–water partition coefficient (Wildman–Crippen LogP) is 5.37. The molecule has 3 aromatic carbocycles. The van der Waals surface area contributed by atoms with Crippen molar-refractivity contribution in [2.24, 2.45) is 0 Å². The minimum Gasteiger partial charge on any atom is -0.379 e. The molecule has 0 aliphatic carbocycles. The summed E-state index contributed by atoms with van der Waals surface area (Å²) in [6, 6.07) is 18.1. The maximum Gasteiger partial charge on any atom is 0.264 e. The third-order valence-corrected chi connectivity index (χ3v) is 10.4. The van der Waals surface area contributed by atoms with Crippen molar-refractivity contribution in [1.82, 2.24) is 9.88 Å². The molecule has 8 nitrogen and oxygen atoms in total. The Hall–Kier alpha value is -3.09. The lowest BCUT2D eigenvalue weighted by Crippen LogP contribution is -2.39. The van der Waals surface area contributed by atoms with E-state index in [-0.39, 0.29) is 29.0 Å². The summed E-state index contributed by atoms with van der Waals surface area (Å²) in [6.45, 7) is 4.74. The van der Waals surface area contributed by atoms with Crippen molar-refractivity contribution in [2.75, 3.05) is 55.1 Å². The van der Waals surface area contributed by atoms with Crippen LogP contribution in [0.5, 0.6) is 0 Å². The zero-order valence-electron chi connectivity index (χ0n) is 22.9. The monoisotopic (exact) mass is 630 g/mol. The van der Waals surface area contributed by atoms with Crippen molar-refractivity contribution in [3.63, 3.8) is 0 Å². The van der Waals surface area contributed by atoms with Gasteiger partial charge in [0.2, 0.25) is 0 Å². The van der Waals surface area contributed by atoms with Crippen molar-refractivity contribution in [3.8, 4) is 0 Å². The number of sulfonamides is 1. The molecule has 0 unspecified atom stereocenters. The first-order valence-corrected chi connectivity index (χ1v) is 16.0. The molecular weight excluding hydrogens is 599 g/mol. The van der Waals surface area contributed by atoms with Crippen LogP contribution in [0.1, 0.15) is 28.8 Å². The first-order chi connectivity index (χ1) is 19.9. The number of nitrogens with zero attached hydrogens (tertiary/aromatic N) is 4. The average molecular weight is 631 g/mol. The molecule has 2 aliphatic rings. The number of carbonyl (C=O) groups excluding carboxylic acids is 1. The van der Waals surface area contributed by atoms with Gasteiger partial charge in [0.05, 0.1) is 34.0 Å². The molecule has 1 aromatic heterocycles. The van der Waals surface area contributed by atoms with Gasteiger partial charge in [0.15, 0.2) is 5.13 Å². The Labute approximate surface area is 255 Å². The summed E-state index contributed by atoms with van der Waals surface area (Å²) in [6.07, 6.45) is 2.31. The summed E-state index contributed by atoms with van der Waals surface area (Å²) in [5, 5.41) is 0.485. The zero-order valence-corrected chi connectivity index (χ0v) is 25.4. The molecule has 0 bridgehead atoms. The van der Waals surface area contributed by atoms with Gasteiger partial charge in [-0.2, -0.15) is 0 Å². The van der Waals surface area contributed by atoms with Crippen LogP contribution in [0.15, 0.2) is 71.6 Å². The number of morpholine rings is 1. The molecule has 3 heterocycles. The van der Waals surface area contributed by atoms with E-state index in [1.54, 1.807) is 23.1 Å². The fourth-order valence-corrected chi connectivity index (χ4v) is 7.92. The number of carbonyl (C=O) groups is 1. The van der Waals surface area contributed by atoms with E-state index in [9.17, 15) is 17.6 Å². The molecule has 42 heavy (non-hydrogen) atoms. The lowest BCUT2D eigenvalue weighted by molar-refractivity contribution is 0.0376. The van der Waals surface area contributed by atoms with E-state index in [0.29, 0.717) is 52.9 Å². The molecule has 4 aromatic rings. The van der Waals surface area contributed by atoms with Gasteiger partial charge in [-0.1, -0.05) is 29.5 Å². The van der Waals surface area contributed by atoms with E-state index in [1.807, 2.05) is 24.3 Å². The Morgan fingerprint density at radius 2 is 1.79 bits per heavy atom. The van der Waals surface area contributed by atoms with Crippen LogP contribution in [0, 0.1) is 5.82 Å². The van der Waals surface area contributed by atoms with Crippen molar-refractivity contribution in [1.29, 1.82) is 0 Å². The standard InChI is InChI=1S/C30H31FN4O4S2.ClH/c31-24-10-13-26-28(21-24)40-30(32-26)34(15-4-14-33-17-19-39-20-18-33)29(36)23-8-11-25(12-9-23)41(37,38)35-16-3-6-22-5-1-2-7-27(22)35;/h1-2,5,7-13,21H,3-4,6,14-20H2;1H. The number of hydrogen-bond acceptors (Lipinski definition) is 7. The van der Waals surface area contributed by atoms with Gasteiger partial charge in [0, 0.05) is 38.3 Å². The van der Waals surface area contributed by atoms with Crippen molar-refractivity contribution >= 4 is 60.7 Å². The van der Waals surface area contributed by atoms with E-state index >= 15 is 0 Å². The largest absolute Gasteiger partial charge is 0.379 e. The normalized spacial score (nSPS) is 15.7. The summed E-state index contributed by atoms with van der Waals surface area (Å²) < 4.78 is 48.6. The number of anilines is 2. The number of rotatable bonds is 8. The molecule has 0 atom stereocenters. The number of aryl methyl sites for hydroxylation is 1. The SMILES string of the molecule is Cl.O=C(c1ccc(S(=O)(=O)N2CCCc3ccccc32)cc1)N(CCCN1CCOCC1)c1nc2ccc(F)cc2s1. The molecule has 2 aliphatic heterocycles. The summed E-state index contributed by atoms with van der Waals surface area (Å²) in [5.74, 6) is -0.634. The maximum absolute atomic E-state index is 13.9. The molecular formula is C30H32ClFN4O4S2. The third kappa shape index (κ3) is 6.30. The summed E-state index contributed by atoms with van der Waals surface area (Å²) in [4.78, 5) is 22.5. The number of fused-ring (bicyclic) bond motifs is 2. The van der Waals surface area contributed by atoms with Gasteiger partial charge in [-0.3, -0.25) is 18.9 Å². The van der Waals surface area contributed by atoms with Crippen LogP contribution >= 0.6 is 23.7 Å². The minimum atomic E-state index is -3.79. The second-order valence-corrected chi connectivity index (χ2v) is 13.1. The molecule has 0 N–H and O–H groups in total. The van der Waals surface area contributed by atoms with E-state index < -0.39 is 10.0 Å². The second-order valence-electron chi connectivity index (χ2n) is 10.2. The van der Waals surface area contributed by atoms with Crippen LogP contribution in [0.25, 0.3) is 10.2 Å². The topological polar surface area (TPSA) is 83.1 Å². The van der Waals surface area contributed by atoms with Gasteiger partial charge in [-0.15, -0.1) is 12.4 Å². The number of thiazole rings is 1. The smallest absolute Gasteiger partial charge is 0.264 e. The number of halogens is 2. The van der Waals surface area contributed by atoms with E-state index in [0.717, 1.165) is 44.5 Å². The van der Waals surface area contributed by atoms with Crippen LogP contribution in [0.4, 0.5) is 15.2 Å². The second kappa shape index (κ2) is 13.0. The molecule has 6 rings (SSSR count). The maximum atomic E-state index is 13.9. The fraction of sp³-hybridized carbons (Fsp3) is 0.333. The molecule has 1 amide bonds. The molecule has 0 radical (unpaired) electrons. The van der Waals surface area contributed by atoms with Gasteiger partial charge in [0.25, 0.3) is 15.9 Å². The number of ether oxygens (including phenoxy) is 1. The highest BCUT2D eigenvalue weighted by Crippen LogP contribution is 2.33. The summed E-state index contributed by atoms with van der Waals surface area (Å²) in [5.41, 5.74) is 2.70. The number of benzene rings is 3. The number of para-hydroxylation sites is 1. The molecule has 0 saturated carbocycles. The van der Waals surface area contributed by atoms with Crippen molar-refractivity contribution in [2.45, 2.75) is 24.2 Å². The fourth-order valence-electron chi connectivity index (χ4n) is 5.36. The Morgan fingerprint density at radius 1 is 1.02 bits per heavy atom. The van der Waals surface area contributed by atoms with Crippen molar-refractivity contribution in [3.05, 3.63) is 83.7 Å². The first kappa shape index (κ1) is 30.4. The molecule has 222 valence electrons. The zero-order chi connectivity index (χ0) is 28.4. The minimum absolute atomic E-state index is 0. The van der Waals surface area contributed by atoms with Crippen LogP contribution in [0.3, 0.4) is 0 Å². The number of aromatic nitrogens is 1. The Morgan fingerprint density at radius 3 is 2.57 bits per heavy atom. The number of amides is 1. The highest BCUT2D eigenvalue weighted by atomic mass is 35.5. The lowest BCUT2D eigenvalue weighted by Gasteiger charge is -2.30. The van der Waals surface area contributed by atoms with Gasteiger partial charge in [-0.25, -0.2) is 17.8 Å². The summed E-state index contributed by atoms with van der Waals surface area (Å²) in [7, 11) is -3.79. The predicted molar refractivity (Wildman–Crippen MR) is 166 cm³/mol. The molecule has 1 fully saturated rings. The molecule has 1 saturated heterocycles.